The first-order chi connectivity index (χ1) is 12.1. The van der Waals surface area contributed by atoms with Crippen LogP contribution in [0.2, 0.25) is 0 Å². The molecule has 0 unspecified atom stereocenters. The van der Waals surface area contributed by atoms with E-state index < -0.39 is 5.97 Å². The van der Waals surface area contributed by atoms with Gasteiger partial charge in [0, 0.05) is 35.2 Å². The van der Waals surface area contributed by atoms with Gasteiger partial charge in [-0.3, -0.25) is 4.79 Å². The number of carbonyl (C=O) groups is 2. The summed E-state index contributed by atoms with van der Waals surface area (Å²) in [5.74, 6) is -0.960. The molecule has 0 amide bonds. The summed E-state index contributed by atoms with van der Waals surface area (Å²) in [6.45, 7) is 2.39. The number of carbonyl (C=O) groups excluding carboxylic acids is 1. The van der Waals surface area contributed by atoms with Crippen molar-refractivity contribution >= 4 is 28.4 Å². The molecule has 1 heterocycles. The van der Waals surface area contributed by atoms with Crippen LogP contribution >= 0.6 is 0 Å². The predicted molar refractivity (Wildman–Crippen MR) is 96.4 cm³/mol. The van der Waals surface area contributed by atoms with Gasteiger partial charge in [0.1, 0.15) is 5.58 Å². The van der Waals surface area contributed by atoms with Crippen LogP contribution in [-0.2, 0) is 0 Å². The molecule has 25 heavy (non-hydrogen) atoms. The van der Waals surface area contributed by atoms with Gasteiger partial charge in [0.05, 0.1) is 0 Å². The maximum absolute atomic E-state index is 12.0. The Bertz CT molecular complexity index is 912. The van der Waals surface area contributed by atoms with Crippen molar-refractivity contribution in [2.45, 2.75) is 19.8 Å². The minimum Gasteiger partial charge on any atom is -0.475 e. The number of Topliss-reactive ketones (excluding diaryl/α,β-unsaturated/α-hetero) is 1. The van der Waals surface area contributed by atoms with Gasteiger partial charge in [-0.05, 0) is 31.5 Å². The van der Waals surface area contributed by atoms with E-state index in [0.29, 0.717) is 24.1 Å². The van der Waals surface area contributed by atoms with E-state index in [1.165, 1.54) is 0 Å². The first-order valence-corrected chi connectivity index (χ1v) is 8.15. The van der Waals surface area contributed by atoms with Gasteiger partial charge in [-0.2, -0.15) is 0 Å². The van der Waals surface area contributed by atoms with Crippen LogP contribution in [0.1, 0.15) is 39.3 Å². The number of fused-ring (bicyclic) bond motifs is 1. The zero-order valence-electron chi connectivity index (χ0n) is 13.9. The number of benzene rings is 2. The Morgan fingerprint density at radius 3 is 2.60 bits per heavy atom. The van der Waals surface area contributed by atoms with E-state index in [1.807, 2.05) is 42.5 Å². The van der Waals surface area contributed by atoms with Gasteiger partial charge in [0.25, 0.3) is 0 Å². The molecule has 0 aliphatic carbocycles. The molecule has 5 nitrogen and oxygen atoms in total. The molecule has 0 atom stereocenters. The number of hydrogen-bond acceptors (Lipinski definition) is 4. The SMILES string of the molecule is Cc1c(C(=O)O)oc2ccc(NCCCC(=O)c3ccccc3)cc12. The van der Waals surface area contributed by atoms with Crippen LogP contribution in [0.25, 0.3) is 11.0 Å². The highest BCUT2D eigenvalue weighted by Crippen LogP contribution is 2.28. The number of rotatable bonds is 7. The van der Waals surface area contributed by atoms with Gasteiger partial charge in [0.2, 0.25) is 5.76 Å². The van der Waals surface area contributed by atoms with Crippen molar-refractivity contribution in [3.63, 3.8) is 0 Å². The molecule has 0 saturated heterocycles. The van der Waals surface area contributed by atoms with Gasteiger partial charge in [0.15, 0.2) is 5.78 Å². The number of aryl methyl sites for hydroxylation is 1. The second-order valence-electron chi connectivity index (χ2n) is 5.89. The topological polar surface area (TPSA) is 79.5 Å². The summed E-state index contributed by atoms with van der Waals surface area (Å²) in [5.41, 5.74) is 2.78. The Labute approximate surface area is 145 Å². The lowest BCUT2D eigenvalue weighted by atomic mass is 10.1. The maximum atomic E-state index is 12.0. The van der Waals surface area contributed by atoms with Crippen molar-refractivity contribution in [3.05, 3.63) is 65.4 Å². The summed E-state index contributed by atoms with van der Waals surface area (Å²) in [4.78, 5) is 23.2. The van der Waals surface area contributed by atoms with Crippen LogP contribution in [0, 0.1) is 6.92 Å². The summed E-state index contributed by atoms with van der Waals surface area (Å²) >= 11 is 0. The zero-order chi connectivity index (χ0) is 17.8. The fourth-order valence-corrected chi connectivity index (χ4v) is 2.78. The fraction of sp³-hybridized carbons (Fsp3) is 0.200. The van der Waals surface area contributed by atoms with Crippen molar-refractivity contribution < 1.29 is 19.1 Å². The van der Waals surface area contributed by atoms with E-state index in [4.69, 9.17) is 9.52 Å². The molecule has 0 radical (unpaired) electrons. The normalized spacial score (nSPS) is 10.8. The highest BCUT2D eigenvalue weighted by molar-refractivity contribution is 5.96. The third-order valence-corrected chi connectivity index (χ3v) is 4.14. The van der Waals surface area contributed by atoms with Crippen LogP contribution in [0.15, 0.2) is 52.9 Å². The molecule has 3 rings (SSSR count). The Morgan fingerprint density at radius 2 is 1.88 bits per heavy atom. The highest BCUT2D eigenvalue weighted by atomic mass is 16.4. The minimum atomic E-state index is -1.07. The van der Waals surface area contributed by atoms with Crippen molar-refractivity contribution in [1.29, 1.82) is 0 Å². The van der Waals surface area contributed by atoms with Crippen LogP contribution < -0.4 is 5.32 Å². The highest BCUT2D eigenvalue weighted by Gasteiger charge is 2.16. The average molecular weight is 337 g/mol. The number of furan rings is 1. The molecule has 0 aliphatic rings. The number of hydrogen-bond donors (Lipinski definition) is 2. The second-order valence-corrected chi connectivity index (χ2v) is 5.89. The number of carboxylic acids is 1. The molecule has 5 heteroatoms. The maximum Gasteiger partial charge on any atom is 0.372 e. The van der Waals surface area contributed by atoms with E-state index in [9.17, 15) is 9.59 Å². The van der Waals surface area contributed by atoms with Crippen LogP contribution in [0.5, 0.6) is 0 Å². The average Bonchev–Trinajstić information content (AvgIpc) is 2.96. The Balaban J connectivity index is 1.59. The Morgan fingerprint density at radius 1 is 1.12 bits per heavy atom. The Kier molecular flexibility index (Phi) is 4.84. The molecular weight excluding hydrogens is 318 g/mol. The van der Waals surface area contributed by atoms with Crippen molar-refractivity contribution in [2.24, 2.45) is 0 Å². The van der Waals surface area contributed by atoms with Crippen molar-refractivity contribution in [1.82, 2.24) is 0 Å². The lowest BCUT2D eigenvalue weighted by molar-refractivity contribution is 0.0663. The first-order valence-electron chi connectivity index (χ1n) is 8.15. The predicted octanol–water partition coefficient (Wildman–Crippen LogP) is 4.51. The molecule has 0 bridgehead atoms. The molecular formula is C20H19NO4. The smallest absolute Gasteiger partial charge is 0.372 e. The van der Waals surface area contributed by atoms with E-state index in [-0.39, 0.29) is 11.5 Å². The molecule has 0 spiro atoms. The standard InChI is InChI=1S/C20H19NO4/c1-13-16-12-15(9-10-18(16)25-19(13)20(23)24)21-11-5-8-17(22)14-6-3-2-4-7-14/h2-4,6-7,9-10,12,21H,5,8,11H2,1H3,(H,23,24). The number of anilines is 1. The number of nitrogens with one attached hydrogen (secondary N) is 1. The number of ketones is 1. The van der Waals surface area contributed by atoms with Gasteiger partial charge in [-0.25, -0.2) is 4.79 Å². The third-order valence-electron chi connectivity index (χ3n) is 4.14. The van der Waals surface area contributed by atoms with Gasteiger partial charge >= 0.3 is 5.97 Å². The molecule has 1 aromatic heterocycles. The number of aromatic carboxylic acids is 1. The summed E-state index contributed by atoms with van der Waals surface area (Å²) < 4.78 is 5.35. The van der Waals surface area contributed by atoms with Gasteiger partial charge in [-0.1, -0.05) is 30.3 Å². The van der Waals surface area contributed by atoms with Gasteiger partial charge < -0.3 is 14.8 Å². The molecule has 2 N–H and O–H groups in total. The number of carboxylic acid groups (broad SMARTS) is 1. The molecule has 0 aliphatic heterocycles. The summed E-state index contributed by atoms with van der Waals surface area (Å²) in [6, 6.07) is 14.7. The molecule has 0 fully saturated rings. The lowest BCUT2D eigenvalue weighted by Gasteiger charge is -2.06. The minimum absolute atomic E-state index is 0.0272. The second kappa shape index (κ2) is 7.21. The summed E-state index contributed by atoms with van der Waals surface area (Å²) in [7, 11) is 0. The van der Waals surface area contributed by atoms with Crippen LogP contribution in [0.3, 0.4) is 0 Å². The van der Waals surface area contributed by atoms with E-state index >= 15 is 0 Å². The van der Waals surface area contributed by atoms with Crippen molar-refractivity contribution in [2.75, 3.05) is 11.9 Å². The van der Waals surface area contributed by atoms with Crippen LogP contribution in [-0.4, -0.2) is 23.4 Å². The van der Waals surface area contributed by atoms with E-state index in [2.05, 4.69) is 5.32 Å². The third kappa shape index (κ3) is 3.71. The van der Waals surface area contributed by atoms with E-state index in [0.717, 1.165) is 23.1 Å². The lowest BCUT2D eigenvalue weighted by Crippen LogP contribution is -2.05. The molecule has 3 aromatic rings. The van der Waals surface area contributed by atoms with Gasteiger partial charge in [-0.15, -0.1) is 0 Å². The monoisotopic (exact) mass is 337 g/mol. The van der Waals surface area contributed by atoms with Crippen LogP contribution in [0.4, 0.5) is 5.69 Å². The van der Waals surface area contributed by atoms with Crippen molar-refractivity contribution in [3.8, 4) is 0 Å². The van der Waals surface area contributed by atoms with E-state index in [1.54, 1.807) is 13.0 Å². The summed E-state index contributed by atoms with van der Waals surface area (Å²) in [5, 5.41) is 13.2. The molecule has 128 valence electrons. The molecule has 2 aromatic carbocycles. The molecule has 0 saturated carbocycles. The largest absolute Gasteiger partial charge is 0.475 e. The quantitative estimate of drug-likeness (QED) is 0.490. The zero-order valence-corrected chi connectivity index (χ0v) is 13.9. The fourth-order valence-electron chi connectivity index (χ4n) is 2.78. The Hall–Kier alpha value is -3.08. The first kappa shape index (κ1) is 16.8. The summed E-state index contributed by atoms with van der Waals surface area (Å²) in [6.07, 6.45) is 1.20.